The monoisotopic (exact) mass is 263 g/mol. The highest BCUT2D eigenvalue weighted by Gasteiger charge is 2.20. The molecule has 1 saturated carbocycles. The summed E-state index contributed by atoms with van der Waals surface area (Å²) in [6.07, 6.45) is 7.79. The first-order valence-electron chi connectivity index (χ1n) is 7.21. The normalized spacial score (nSPS) is 17.4. The molecule has 0 aliphatic heterocycles. The lowest BCUT2D eigenvalue weighted by Gasteiger charge is -2.25. The molecule has 0 aromatic carbocycles. The molecule has 0 saturated heterocycles. The van der Waals surface area contributed by atoms with Crippen molar-refractivity contribution in [3.05, 3.63) is 12.4 Å². The smallest absolute Gasteiger partial charge is 0.134 e. The highest BCUT2D eigenvalue weighted by Crippen LogP contribution is 2.26. The molecule has 5 nitrogen and oxygen atoms in total. The van der Waals surface area contributed by atoms with Crippen LogP contribution in [-0.2, 0) is 0 Å². The van der Waals surface area contributed by atoms with E-state index in [2.05, 4.69) is 27.2 Å². The molecule has 1 atom stereocenters. The van der Waals surface area contributed by atoms with Crippen molar-refractivity contribution >= 4 is 11.6 Å². The summed E-state index contributed by atoms with van der Waals surface area (Å²) in [5.74, 6) is 1.89. The lowest BCUT2D eigenvalue weighted by molar-refractivity contribution is 0.645. The van der Waals surface area contributed by atoms with Crippen molar-refractivity contribution in [1.82, 2.24) is 9.97 Å². The standard InChI is InChI=1S/C14H25N5/c1-11(15)7-8-16-13-9-14(18-10-17-13)19(2)12-5-3-4-6-12/h9-12H,3-8,15H2,1-2H3,(H,16,17,18). The first kappa shape index (κ1) is 14.1. The Kier molecular flexibility index (Phi) is 4.96. The second-order valence-electron chi connectivity index (χ2n) is 5.50. The molecule has 2 rings (SSSR count). The Morgan fingerprint density at radius 3 is 2.84 bits per heavy atom. The predicted molar refractivity (Wildman–Crippen MR) is 79.4 cm³/mol. The molecule has 3 N–H and O–H groups in total. The molecule has 1 heterocycles. The summed E-state index contributed by atoms with van der Waals surface area (Å²) >= 11 is 0. The van der Waals surface area contributed by atoms with E-state index < -0.39 is 0 Å². The molecule has 1 aromatic rings. The third-order valence-corrected chi connectivity index (χ3v) is 3.79. The SMILES string of the molecule is CC(N)CCNc1cc(N(C)C2CCCC2)ncn1. The van der Waals surface area contributed by atoms with Crippen LogP contribution in [-0.4, -0.2) is 35.6 Å². The number of hydrogen-bond acceptors (Lipinski definition) is 5. The van der Waals surface area contributed by atoms with Crippen molar-refractivity contribution < 1.29 is 0 Å². The minimum Gasteiger partial charge on any atom is -0.370 e. The van der Waals surface area contributed by atoms with E-state index in [4.69, 9.17) is 5.73 Å². The summed E-state index contributed by atoms with van der Waals surface area (Å²) in [5.41, 5.74) is 5.74. The largest absolute Gasteiger partial charge is 0.370 e. The highest BCUT2D eigenvalue weighted by molar-refractivity contribution is 5.48. The van der Waals surface area contributed by atoms with Crippen LogP contribution in [0.5, 0.6) is 0 Å². The molecule has 0 amide bonds. The van der Waals surface area contributed by atoms with Crippen LogP contribution in [0.15, 0.2) is 12.4 Å². The third kappa shape index (κ3) is 4.06. The molecule has 5 heteroatoms. The van der Waals surface area contributed by atoms with E-state index in [0.717, 1.165) is 24.6 Å². The maximum Gasteiger partial charge on any atom is 0.134 e. The van der Waals surface area contributed by atoms with Gasteiger partial charge in [0.25, 0.3) is 0 Å². The van der Waals surface area contributed by atoms with E-state index in [1.165, 1.54) is 25.7 Å². The Morgan fingerprint density at radius 1 is 1.42 bits per heavy atom. The minimum atomic E-state index is 0.218. The molecule has 1 aromatic heterocycles. The minimum absolute atomic E-state index is 0.218. The fourth-order valence-corrected chi connectivity index (χ4v) is 2.54. The van der Waals surface area contributed by atoms with Crippen molar-refractivity contribution in [3.8, 4) is 0 Å². The summed E-state index contributed by atoms with van der Waals surface area (Å²) in [5, 5.41) is 3.30. The van der Waals surface area contributed by atoms with Gasteiger partial charge in [0, 0.05) is 31.7 Å². The molecule has 0 radical (unpaired) electrons. The summed E-state index contributed by atoms with van der Waals surface area (Å²) < 4.78 is 0. The Balaban J connectivity index is 1.94. The number of nitrogens with zero attached hydrogens (tertiary/aromatic N) is 3. The molecular weight excluding hydrogens is 238 g/mol. The molecule has 1 unspecified atom stereocenters. The second-order valence-corrected chi connectivity index (χ2v) is 5.50. The van der Waals surface area contributed by atoms with E-state index in [1.54, 1.807) is 6.33 Å². The van der Waals surface area contributed by atoms with Gasteiger partial charge in [0.1, 0.15) is 18.0 Å². The zero-order valence-corrected chi connectivity index (χ0v) is 12.0. The van der Waals surface area contributed by atoms with Gasteiger partial charge >= 0.3 is 0 Å². The van der Waals surface area contributed by atoms with Crippen LogP contribution in [0.4, 0.5) is 11.6 Å². The van der Waals surface area contributed by atoms with Gasteiger partial charge in [-0.25, -0.2) is 9.97 Å². The third-order valence-electron chi connectivity index (χ3n) is 3.79. The first-order valence-corrected chi connectivity index (χ1v) is 7.21. The van der Waals surface area contributed by atoms with Crippen molar-refractivity contribution in [3.63, 3.8) is 0 Å². The van der Waals surface area contributed by atoms with Gasteiger partial charge in [-0.3, -0.25) is 0 Å². The van der Waals surface area contributed by atoms with E-state index in [0.29, 0.717) is 6.04 Å². The molecular formula is C14H25N5. The lowest BCUT2D eigenvalue weighted by Crippen LogP contribution is -2.29. The molecule has 106 valence electrons. The summed E-state index contributed by atoms with van der Waals surface area (Å²) in [7, 11) is 2.13. The Morgan fingerprint density at radius 2 is 2.16 bits per heavy atom. The van der Waals surface area contributed by atoms with E-state index in [-0.39, 0.29) is 6.04 Å². The van der Waals surface area contributed by atoms with Gasteiger partial charge in [0.05, 0.1) is 0 Å². The average molecular weight is 263 g/mol. The number of rotatable bonds is 6. The fourth-order valence-electron chi connectivity index (χ4n) is 2.54. The Bertz CT molecular complexity index is 387. The summed E-state index contributed by atoms with van der Waals surface area (Å²) in [6, 6.07) is 2.88. The van der Waals surface area contributed by atoms with Crippen LogP contribution >= 0.6 is 0 Å². The molecule has 1 aliphatic carbocycles. The van der Waals surface area contributed by atoms with Crippen LogP contribution in [0.3, 0.4) is 0 Å². The van der Waals surface area contributed by atoms with Gasteiger partial charge in [-0.2, -0.15) is 0 Å². The van der Waals surface area contributed by atoms with Gasteiger partial charge in [-0.05, 0) is 26.2 Å². The molecule has 0 bridgehead atoms. The lowest BCUT2D eigenvalue weighted by atomic mass is 10.2. The van der Waals surface area contributed by atoms with Gasteiger partial charge in [-0.1, -0.05) is 12.8 Å². The van der Waals surface area contributed by atoms with Crippen LogP contribution in [0, 0.1) is 0 Å². The number of hydrogen-bond donors (Lipinski definition) is 2. The zero-order valence-electron chi connectivity index (χ0n) is 12.0. The van der Waals surface area contributed by atoms with Crippen LogP contribution < -0.4 is 16.0 Å². The molecule has 1 fully saturated rings. The first-order chi connectivity index (χ1) is 9.16. The van der Waals surface area contributed by atoms with E-state index in [9.17, 15) is 0 Å². The number of aromatic nitrogens is 2. The summed E-state index contributed by atoms with van der Waals surface area (Å²) in [6.45, 7) is 2.86. The predicted octanol–water partition coefficient (Wildman–Crippen LogP) is 2.00. The topological polar surface area (TPSA) is 67.1 Å². The van der Waals surface area contributed by atoms with Crippen LogP contribution in [0.1, 0.15) is 39.0 Å². The molecule has 0 spiro atoms. The molecule has 19 heavy (non-hydrogen) atoms. The Hall–Kier alpha value is -1.36. The highest BCUT2D eigenvalue weighted by atomic mass is 15.2. The van der Waals surface area contributed by atoms with Gasteiger partial charge in [-0.15, -0.1) is 0 Å². The summed E-state index contributed by atoms with van der Waals surface area (Å²) in [4.78, 5) is 10.9. The number of anilines is 2. The van der Waals surface area contributed by atoms with Gasteiger partial charge in [0.2, 0.25) is 0 Å². The quantitative estimate of drug-likeness (QED) is 0.821. The fraction of sp³-hybridized carbons (Fsp3) is 0.714. The average Bonchev–Trinajstić information content (AvgIpc) is 2.91. The maximum atomic E-state index is 5.74. The van der Waals surface area contributed by atoms with E-state index >= 15 is 0 Å². The maximum absolute atomic E-state index is 5.74. The second kappa shape index (κ2) is 6.70. The van der Waals surface area contributed by atoms with Crippen molar-refractivity contribution in [2.75, 3.05) is 23.8 Å². The number of nitrogens with one attached hydrogen (secondary N) is 1. The van der Waals surface area contributed by atoms with E-state index in [1.807, 2.05) is 13.0 Å². The van der Waals surface area contributed by atoms with Crippen LogP contribution in [0.2, 0.25) is 0 Å². The van der Waals surface area contributed by atoms with Gasteiger partial charge in [0.15, 0.2) is 0 Å². The zero-order chi connectivity index (χ0) is 13.7. The van der Waals surface area contributed by atoms with Crippen molar-refractivity contribution in [2.45, 2.75) is 51.1 Å². The van der Waals surface area contributed by atoms with Gasteiger partial charge < -0.3 is 16.0 Å². The van der Waals surface area contributed by atoms with Crippen molar-refractivity contribution in [2.24, 2.45) is 5.73 Å². The molecule has 1 aliphatic rings. The van der Waals surface area contributed by atoms with Crippen LogP contribution in [0.25, 0.3) is 0 Å². The van der Waals surface area contributed by atoms with Crippen molar-refractivity contribution in [1.29, 1.82) is 0 Å². The Labute approximate surface area is 115 Å². The number of nitrogens with two attached hydrogens (primary N) is 1.